The van der Waals surface area contributed by atoms with Gasteiger partial charge in [0.15, 0.2) is 0 Å². The molecule has 2 nitrogen and oxygen atoms in total. The summed E-state index contributed by atoms with van der Waals surface area (Å²) in [5.74, 6) is 1.37. The molecule has 2 aromatic rings. The maximum Gasteiger partial charge on any atom is 0.416 e. The van der Waals surface area contributed by atoms with Crippen LogP contribution in [-0.2, 0) is 6.18 Å². The zero-order chi connectivity index (χ0) is 15.8. The van der Waals surface area contributed by atoms with Gasteiger partial charge in [-0.3, -0.25) is 0 Å². The highest BCUT2D eigenvalue weighted by Crippen LogP contribution is 2.38. The van der Waals surface area contributed by atoms with Crippen molar-refractivity contribution >= 4 is 0 Å². The second-order valence-corrected chi connectivity index (χ2v) is 5.06. The van der Waals surface area contributed by atoms with E-state index in [-0.39, 0.29) is 5.56 Å². The standard InChI is InChI=1S/C16H18F3NO/c1-9-10(2)21-11(3)14(9)15(20-4)12-7-5-6-8-13(12)16(17,18)19/h5-8,15,20H,1-4H3. The smallest absolute Gasteiger partial charge is 0.416 e. The highest BCUT2D eigenvalue weighted by Gasteiger charge is 2.36. The lowest BCUT2D eigenvalue weighted by molar-refractivity contribution is -0.138. The zero-order valence-corrected chi connectivity index (χ0v) is 12.4. The molecule has 1 aromatic heterocycles. The lowest BCUT2D eigenvalue weighted by Crippen LogP contribution is -2.22. The molecule has 0 bridgehead atoms. The molecule has 0 radical (unpaired) electrons. The van der Waals surface area contributed by atoms with Gasteiger partial charge in [-0.25, -0.2) is 0 Å². The third kappa shape index (κ3) is 2.83. The van der Waals surface area contributed by atoms with Crippen LogP contribution < -0.4 is 5.32 Å². The van der Waals surface area contributed by atoms with Gasteiger partial charge in [-0.05, 0) is 45.0 Å². The molecule has 0 saturated heterocycles. The molecule has 1 unspecified atom stereocenters. The van der Waals surface area contributed by atoms with Crippen molar-refractivity contribution in [3.05, 3.63) is 58.0 Å². The van der Waals surface area contributed by atoms with Gasteiger partial charge in [0.1, 0.15) is 11.5 Å². The fraction of sp³-hybridized carbons (Fsp3) is 0.375. The minimum absolute atomic E-state index is 0.208. The van der Waals surface area contributed by atoms with Gasteiger partial charge in [-0.15, -0.1) is 0 Å². The molecule has 114 valence electrons. The van der Waals surface area contributed by atoms with Crippen molar-refractivity contribution in [1.82, 2.24) is 5.32 Å². The van der Waals surface area contributed by atoms with Crippen LogP contribution in [0.4, 0.5) is 13.2 Å². The van der Waals surface area contributed by atoms with Crippen LogP contribution in [0.3, 0.4) is 0 Å². The number of halogens is 3. The SMILES string of the molecule is CNC(c1ccccc1C(F)(F)F)c1c(C)oc(C)c1C. The van der Waals surface area contributed by atoms with E-state index in [4.69, 9.17) is 4.42 Å². The average Bonchev–Trinajstić information content (AvgIpc) is 2.66. The van der Waals surface area contributed by atoms with Gasteiger partial charge in [0.2, 0.25) is 0 Å². The van der Waals surface area contributed by atoms with Gasteiger partial charge in [0.25, 0.3) is 0 Å². The van der Waals surface area contributed by atoms with Crippen molar-refractivity contribution in [2.24, 2.45) is 0 Å². The molecule has 0 saturated carbocycles. The Bertz CT molecular complexity index is 643. The quantitative estimate of drug-likeness (QED) is 0.900. The molecule has 21 heavy (non-hydrogen) atoms. The number of rotatable bonds is 3. The van der Waals surface area contributed by atoms with E-state index < -0.39 is 17.8 Å². The van der Waals surface area contributed by atoms with E-state index in [1.54, 1.807) is 20.0 Å². The molecular formula is C16H18F3NO. The Morgan fingerprint density at radius 2 is 1.67 bits per heavy atom. The predicted octanol–water partition coefficient (Wildman–Crippen LogP) is 4.53. The normalized spacial score (nSPS) is 13.5. The Kier molecular flexibility index (Phi) is 4.14. The van der Waals surface area contributed by atoms with E-state index in [1.165, 1.54) is 12.1 Å². The Morgan fingerprint density at radius 1 is 1.05 bits per heavy atom. The maximum absolute atomic E-state index is 13.2. The Balaban J connectivity index is 2.63. The lowest BCUT2D eigenvalue weighted by atomic mass is 9.92. The van der Waals surface area contributed by atoms with E-state index in [9.17, 15) is 13.2 Å². The van der Waals surface area contributed by atoms with Crippen molar-refractivity contribution in [3.63, 3.8) is 0 Å². The van der Waals surface area contributed by atoms with E-state index in [0.29, 0.717) is 5.76 Å². The number of hydrogen-bond donors (Lipinski definition) is 1. The Morgan fingerprint density at radius 3 is 2.14 bits per heavy atom. The van der Waals surface area contributed by atoms with Crippen LogP contribution in [-0.4, -0.2) is 7.05 Å². The lowest BCUT2D eigenvalue weighted by Gasteiger charge is -2.22. The van der Waals surface area contributed by atoms with Gasteiger partial charge in [0.05, 0.1) is 11.6 Å². The molecular weight excluding hydrogens is 279 g/mol. The van der Waals surface area contributed by atoms with Gasteiger partial charge < -0.3 is 9.73 Å². The van der Waals surface area contributed by atoms with Crippen LogP contribution in [0.25, 0.3) is 0 Å². The van der Waals surface area contributed by atoms with Crippen LogP contribution in [0.1, 0.15) is 39.8 Å². The summed E-state index contributed by atoms with van der Waals surface area (Å²) in [7, 11) is 1.65. The third-order valence-electron chi connectivity index (χ3n) is 3.77. The summed E-state index contributed by atoms with van der Waals surface area (Å²) in [6.45, 7) is 5.45. The Hall–Kier alpha value is -1.75. The molecule has 0 aliphatic heterocycles. The minimum Gasteiger partial charge on any atom is -0.466 e. The summed E-state index contributed by atoms with van der Waals surface area (Å²) < 4.78 is 45.2. The van der Waals surface area contributed by atoms with E-state index in [1.807, 2.05) is 13.8 Å². The average molecular weight is 297 g/mol. The number of aryl methyl sites for hydroxylation is 2. The summed E-state index contributed by atoms with van der Waals surface area (Å²) in [5.41, 5.74) is 1.23. The molecule has 1 N–H and O–H groups in total. The summed E-state index contributed by atoms with van der Waals surface area (Å²) >= 11 is 0. The highest BCUT2D eigenvalue weighted by atomic mass is 19.4. The summed E-state index contributed by atoms with van der Waals surface area (Å²) in [6.07, 6.45) is -4.38. The molecule has 0 aliphatic rings. The minimum atomic E-state index is -4.38. The summed E-state index contributed by atoms with van der Waals surface area (Å²) in [5, 5.41) is 2.98. The third-order valence-corrected chi connectivity index (χ3v) is 3.77. The molecule has 1 aromatic carbocycles. The molecule has 0 aliphatic carbocycles. The molecule has 1 atom stereocenters. The summed E-state index contributed by atoms with van der Waals surface area (Å²) in [4.78, 5) is 0. The van der Waals surface area contributed by atoms with Crippen LogP contribution >= 0.6 is 0 Å². The van der Waals surface area contributed by atoms with Crippen molar-refractivity contribution < 1.29 is 17.6 Å². The van der Waals surface area contributed by atoms with Crippen molar-refractivity contribution in [1.29, 1.82) is 0 Å². The fourth-order valence-electron chi connectivity index (χ4n) is 2.70. The summed E-state index contributed by atoms with van der Waals surface area (Å²) in [6, 6.07) is 5.08. The number of benzene rings is 1. The van der Waals surface area contributed by atoms with Crippen LogP contribution in [0.2, 0.25) is 0 Å². The first-order chi connectivity index (χ1) is 9.77. The van der Waals surface area contributed by atoms with Gasteiger partial charge in [0, 0.05) is 5.56 Å². The van der Waals surface area contributed by atoms with Crippen LogP contribution in [0.5, 0.6) is 0 Å². The van der Waals surface area contributed by atoms with Crippen molar-refractivity contribution in [2.75, 3.05) is 7.05 Å². The van der Waals surface area contributed by atoms with E-state index >= 15 is 0 Å². The maximum atomic E-state index is 13.2. The number of alkyl halides is 3. The monoisotopic (exact) mass is 297 g/mol. The number of hydrogen-bond acceptors (Lipinski definition) is 2. The van der Waals surface area contributed by atoms with Gasteiger partial charge in [-0.2, -0.15) is 13.2 Å². The van der Waals surface area contributed by atoms with E-state index in [2.05, 4.69) is 5.32 Å². The highest BCUT2D eigenvalue weighted by molar-refractivity contribution is 5.44. The fourth-order valence-corrected chi connectivity index (χ4v) is 2.70. The second kappa shape index (κ2) is 5.56. The molecule has 5 heteroatoms. The van der Waals surface area contributed by atoms with E-state index in [0.717, 1.165) is 23.0 Å². The van der Waals surface area contributed by atoms with Gasteiger partial charge >= 0.3 is 6.18 Å². The first-order valence-corrected chi connectivity index (χ1v) is 6.67. The van der Waals surface area contributed by atoms with Gasteiger partial charge in [-0.1, -0.05) is 18.2 Å². The zero-order valence-electron chi connectivity index (χ0n) is 12.4. The van der Waals surface area contributed by atoms with Crippen molar-refractivity contribution in [2.45, 2.75) is 33.0 Å². The van der Waals surface area contributed by atoms with Crippen LogP contribution in [0, 0.1) is 20.8 Å². The molecule has 2 rings (SSSR count). The van der Waals surface area contributed by atoms with Crippen LogP contribution in [0.15, 0.2) is 28.7 Å². The number of nitrogens with one attached hydrogen (secondary N) is 1. The Labute approximate surface area is 122 Å². The predicted molar refractivity (Wildman–Crippen MR) is 75.3 cm³/mol. The second-order valence-electron chi connectivity index (χ2n) is 5.06. The topological polar surface area (TPSA) is 25.2 Å². The first kappa shape index (κ1) is 15.6. The van der Waals surface area contributed by atoms with Crippen molar-refractivity contribution in [3.8, 4) is 0 Å². The first-order valence-electron chi connectivity index (χ1n) is 6.67. The largest absolute Gasteiger partial charge is 0.466 e. The molecule has 0 spiro atoms. The molecule has 1 heterocycles. The number of furan rings is 1. The molecule has 0 fully saturated rings. The molecule has 0 amide bonds.